The number of carbonyl (C=O) groups is 1. The van der Waals surface area contributed by atoms with Gasteiger partial charge in [0.2, 0.25) is 0 Å². The molecule has 8 nitrogen and oxygen atoms in total. The molecule has 3 heterocycles. The van der Waals surface area contributed by atoms with Crippen molar-refractivity contribution in [2.45, 2.75) is 13.1 Å². The third-order valence-electron chi connectivity index (χ3n) is 4.70. The number of carbonyl (C=O) groups excluding carboxylic acids is 1. The second-order valence-electron chi connectivity index (χ2n) is 6.63. The van der Waals surface area contributed by atoms with Gasteiger partial charge in [-0.15, -0.1) is 0 Å². The van der Waals surface area contributed by atoms with Gasteiger partial charge >= 0.3 is 0 Å². The van der Waals surface area contributed by atoms with Gasteiger partial charge in [0.25, 0.3) is 5.91 Å². The van der Waals surface area contributed by atoms with Gasteiger partial charge in [-0.3, -0.25) is 20.1 Å². The first-order valence-corrected chi connectivity index (χ1v) is 8.62. The second-order valence-corrected chi connectivity index (χ2v) is 6.63. The van der Waals surface area contributed by atoms with E-state index in [9.17, 15) is 18.8 Å². The molecule has 1 aliphatic heterocycles. The number of fused-ring (bicyclic) bond motifs is 1. The van der Waals surface area contributed by atoms with Crippen LogP contribution in [0, 0.1) is 17.0 Å². The number of nitrogens with zero attached hydrogens (tertiary/aromatic N) is 5. The van der Waals surface area contributed by atoms with Crippen molar-refractivity contribution in [3.63, 3.8) is 0 Å². The number of hydrogen-bond acceptors (Lipinski definition) is 5. The zero-order chi connectivity index (χ0) is 20.7. The van der Waals surface area contributed by atoms with E-state index in [1.807, 2.05) is 0 Å². The van der Waals surface area contributed by atoms with E-state index in [0.29, 0.717) is 28.1 Å². The normalized spacial score (nSPS) is 13.0. The molecule has 4 rings (SSSR count). The van der Waals surface area contributed by atoms with Crippen LogP contribution in [0.15, 0.2) is 36.7 Å². The van der Waals surface area contributed by atoms with Gasteiger partial charge in [0.15, 0.2) is 5.82 Å². The summed E-state index contributed by atoms with van der Waals surface area (Å²) in [7, 11) is 1.71. The highest BCUT2D eigenvalue weighted by molar-refractivity contribution is 5.97. The summed E-state index contributed by atoms with van der Waals surface area (Å²) in [6.07, 6.45) is 3.80. The van der Waals surface area contributed by atoms with Crippen LogP contribution in [-0.4, -0.2) is 37.1 Å². The van der Waals surface area contributed by atoms with Gasteiger partial charge in [0, 0.05) is 36.5 Å². The van der Waals surface area contributed by atoms with Gasteiger partial charge in [-0.2, -0.15) is 10.2 Å². The lowest BCUT2D eigenvalue weighted by Crippen LogP contribution is -2.25. The smallest absolute Gasteiger partial charge is 0.273 e. The second kappa shape index (κ2) is 7.06. The first-order chi connectivity index (χ1) is 13.9. The van der Waals surface area contributed by atoms with Crippen LogP contribution in [0.2, 0.25) is 0 Å². The molecule has 2 aromatic heterocycles. The number of benzene rings is 1. The molecule has 0 saturated carbocycles. The van der Waals surface area contributed by atoms with E-state index in [0.717, 1.165) is 0 Å². The van der Waals surface area contributed by atoms with Gasteiger partial charge in [-0.05, 0) is 23.8 Å². The Labute approximate surface area is 164 Å². The van der Waals surface area contributed by atoms with Gasteiger partial charge in [0.05, 0.1) is 12.7 Å². The number of halogens is 2. The lowest BCUT2D eigenvalue weighted by Gasteiger charge is -2.17. The Morgan fingerprint density at radius 2 is 2.00 bits per heavy atom. The predicted octanol–water partition coefficient (Wildman–Crippen LogP) is 2.72. The van der Waals surface area contributed by atoms with Crippen molar-refractivity contribution in [3.05, 3.63) is 65.1 Å². The molecule has 1 aromatic carbocycles. The molecule has 1 amide bonds. The zero-order valence-corrected chi connectivity index (χ0v) is 15.3. The van der Waals surface area contributed by atoms with Gasteiger partial charge in [0.1, 0.15) is 23.7 Å². The minimum Gasteiger partial charge on any atom is -0.328 e. The molecular weight excluding hydrogens is 382 g/mol. The Balaban J connectivity index is 1.59. The molecular formula is C19H16F2N6O2. The fraction of sp³-hybridized carbons (Fsp3) is 0.158. The Kier molecular flexibility index (Phi) is 4.55. The molecule has 0 unspecified atom stereocenters. The van der Waals surface area contributed by atoms with Crippen molar-refractivity contribution >= 4 is 18.1 Å². The SMILES string of the molecule is Cn1cc(-c2cc(F)c(CN3Cc4ccc(N(O)C=N)nc4C3=O)c(F)c2)cn1. The Hall–Kier alpha value is -3.66. The number of pyridine rings is 1. The average Bonchev–Trinajstić information content (AvgIpc) is 3.27. The number of nitrogens with one attached hydrogen (secondary N) is 1. The highest BCUT2D eigenvalue weighted by Crippen LogP contribution is 2.29. The molecule has 0 radical (unpaired) electrons. The highest BCUT2D eigenvalue weighted by Gasteiger charge is 2.31. The average molecular weight is 398 g/mol. The number of aromatic nitrogens is 3. The summed E-state index contributed by atoms with van der Waals surface area (Å²) in [6, 6.07) is 5.46. The minimum atomic E-state index is -0.758. The number of anilines is 1. The van der Waals surface area contributed by atoms with Gasteiger partial charge in [-0.1, -0.05) is 6.07 Å². The number of aryl methyl sites for hydroxylation is 1. The van der Waals surface area contributed by atoms with Crippen LogP contribution in [0.1, 0.15) is 21.6 Å². The maximum Gasteiger partial charge on any atom is 0.273 e. The fourth-order valence-electron chi connectivity index (χ4n) is 3.22. The largest absolute Gasteiger partial charge is 0.328 e. The molecule has 0 spiro atoms. The van der Waals surface area contributed by atoms with Crippen LogP contribution < -0.4 is 5.06 Å². The summed E-state index contributed by atoms with van der Waals surface area (Å²) in [5, 5.41) is 21.0. The van der Waals surface area contributed by atoms with Gasteiger partial charge in [-0.25, -0.2) is 13.8 Å². The molecule has 1 aliphatic rings. The predicted molar refractivity (Wildman–Crippen MR) is 99.4 cm³/mol. The van der Waals surface area contributed by atoms with Crippen molar-refractivity contribution < 1.29 is 18.8 Å². The number of hydrogen-bond donors (Lipinski definition) is 2. The molecule has 0 aliphatic carbocycles. The third kappa shape index (κ3) is 3.34. The highest BCUT2D eigenvalue weighted by atomic mass is 19.1. The number of amides is 1. The third-order valence-corrected chi connectivity index (χ3v) is 4.70. The van der Waals surface area contributed by atoms with Gasteiger partial charge < -0.3 is 4.90 Å². The van der Waals surface area contributed by atoms with E-state index < -0.39 is 17.5 Å². The Morgan fingerprint density at radius 3 is 2.62 bits per heavy atom. The van der Waals surface area contributed by atoms with E-state index in [1.165, 1.54) is 34.0 Å². The van der Waals surface area contributed by atoms with Crippen LogP contribution in [0.4, 0.5) is 14.6 Å². The van der Waals surface area contributed by atoms with Crippen LogP contribution in [0.25, 0.3) is 11.1 Å². The van der Waals surface area contributed by atoms with Crippen molar-refractivity contribution in [2.75, 3.05) is 5.06 Å². The molecule has 10 heteroatoms. The first kappa shape index (κ1) is 18.7. The molecule has 0 atom stereocenters. The summed E-state index contributed by atoms with van der Waals surface area (Å²) in [6.45, 7) is -0.121. The topological polar surface area (TPSA) is 98.3 Å². The number of rotatable bonds is 5. The summed E-state index contributed by atoms with van der Waals surface area (Å²) in [4.78, 5) is 17.9. The summed E-state index contributed by atoms with van der Waals surface area (Å²) < 4.78 is 30.8. The van der Waals surface area contributed by atoms with E-state index >= 15 is 0 Å². The lowest BCUT2D eigenvalue weighted by molar-refractivity contribution is 0.0759. The maximum absolute atomic E-state index is 14.6. The van der Waals surface area contributed by atoms with Crippen LogP contribution in [-0.2, 0) is 20.1 Å². The van der Waals surface area contributed by atoms with Crippen molar-refractivity contribution in [3.8, 4) is 11.1 Å². The molecule has 148 valence electrons. The molecule has 29 heavy (non-hydrogen) atoms. The molecule has 3 aromatic rings. The first-order valence-electron chi connectivity index (χ1n) is 8.62. The van der Waals surface area contributed by atoms with E-state index in [2.05, 4.69) is 10.1 Å². The summed E-state index contributed by atoms with van der Waals surface area (Å²) in [5.41, 5.74) is 1.37. The zero-order valence-electron chi connectivity index (χ0n) is 15.3. The van der Waals surface area contributed by atoms with Crippen molar-refractivity contribution in [2.24, 2.45) is 7.05 Å². The minimum absolute atomic E-state index is 0.00661. The van der Waals surface area contributed by atoms with E-state index in [4.69, 9.17) is 5.41 Å². The van der Waals surface area contributed by atoms with Crippen molar-refractivity contribution in [1.82, 2.24) is 19.7 Å². The molecule has 0 saturated heterocycles. The van der Waals surface area contributed by atoms with Crippen LogP contribution in [0.3, 0.4) is 0 Å². The molecule has 0 fully saturated rings. The molecule has 0 bridgehead atoms. The standard InChI is InChI=1S/C19H16F2N6O2/c1-25-7-13(6-23-25)12-4-15(20)14(16(21)5-12)9-26-8-11-2-3-17(27(29)10-22)24-18(11)19(26)28/h2-7,10,22,29H,8-9H2,1H3. The monoisotopic (exact) mass is 398 g/mol. The van der Waals surface area contributed by atoms with E-state index in [-0.39, 0.29) is 30.2 Å². The summed E-state index contributed by atoms with van der Waals surface area (Å²) >= 11 is 0. The Bertz CT molecular complexity index is 1110. The quantitative estimate of drug-likeness (QED) is 0.391. The van der Waals surface area contributed by atoms with Crippen LogP contribution in [0.5, 0.6) is 0 Å². The summed E-state index contributed by atoms with van der Waals surface area (Å²) in [5.74, 6) is -2.01. The maximum atomic E-state index is 14.6. The van der Waals surface area contributed by atoms with Crippen LogP contribution >= 0.6 is 0 Å². The Morgan fingerprint density at radius 1 is 1.28 bits per heavy atom. The van der Waals surface area contributed by atoms with E-state index in [1.54, 1.807) is 19.3 Å². The van der Waals surface area contributed by atoms with Crippen molar-refractivity contribution in [1.29, 1.82) is 5.41 Å². The lowest BCUT2D eigenvalue weighted by atomic mass is 10.1. The molecule has 2 N–H and O–H groups in total. The number of hydroxylamine groups is 1. The fourth-order valence-corrected chi connectivity index (χ4v) is 3.22.